The van der Waals surface area contributed by atoms with Crippen LogP contribution in [0.2, 0.25) is 0 Å². The zero-order chi connectivity index (χ0) is 14.7. The van der Waals surface area contributed by atoms with E-state index in [0.717, 1.165) is 12.0 Å². The highest BCUT2D eigenvalue weighted by molar-refractivity contribution is 5.99. The Morgan fingerprint density at radius 3 is 2.70 bits per heavy atom. The van der Waals surface area contributed by atoms with Gasteiger partial charge in [0.05, 0.1) is 5.56 Å². The molecule has 0 bridgehead atoms. The maximum absolute atomic E-state index is 12.5. The molecule has 1 fully saturated rings. The number of carbonyl (C=O) groups excluding carboxylic acids is 1. The number of nitrogens with one attached hydrogen (secondary N) is 1. The Labute approximate surface area is 121 Å². The van der Waals surface area contributed by atoms with Crippen LogP contribution in [0.1, 0.15) is 55.5 Å². The molecule has 110 valence electrons. The molecule has 1 aliphatic rings. The predicted octanol–water partition coefficient (Wildman–Crippen LogP) is 3.52. The van der Waals surface area contributed by atoms with Crippen molar-refractivity contribution in [1.29, 1.82) is 0 Å². The number of hydrogen-bond acceptors (Lipinski definition) is 2. The molecule has 0 aromatic heterocycles. The van der Waals surface area contributed by atoms with Gasteiger partial charge in [-0.05, 0) is 43.7 Å². The number of carbonyl (C=O) groups is 1. The lowest BCUT2D eigenvalue weighted by Gasteiger charge is -2.35. The standard InChI is InChI=1S/C17H26N2O/c1-11(2)13-6-4-5-7-16(13)19-17(20)14-10-12(3)8-9-15(14)18/h8-11,13,16H,4-7,18H2,1-3H3,(H,19,20). The van der Waals surface area contributed by atoms with Crippen molar-refractivity contribution in [2.24, 2.45) is 11.8 Å². The average Bonchev–Trinajstić information content (AvgIpc) is 2.41. The summed E-state index contributed by atoms with van der Waals surface area (Å²) in [5.41, 5.74) is 8.16. The third-order valence-electron chi connectivity index (χ3n) is 4.45. The number of nitrogens with two attached hydrogens (primary N) is 1. The maximum atomic E-state index is 12.5. The van der Waals surface area contributed by atoms with Crippen LogP contribution in [0.5, 0.6) is 0 Å². The lowest BCUT2D eigenvalue weighted by atomic mass is 9.78. The van der Waals surface area contributed by atoms with Crippen LogP contribution in [0.4, 0.5) is 5.69 Å². The highest BCUT2D eigenvalue weighted by Crippen LogP contribution is 2.30. The SMILES string of the molecule is Cc1ccc(N)c(C(=O)NC2CCCCC2C(C)C)c1. The quantitative estimate of drug-likeness (QED) is 0.829. The molecule has 1 aromatic rings. The van der Waals surface area contributed by atoms with Crippen LogP contribution < -0.4 is 11.1 Å². The molecule has 0 saturated heterocycles. The summed E-state index contributed by atoms with van der Waals surface area (Å²) in [7, 11) is 0. The summed E-state index contributed by atoms with van der Waals surface area (Å²) in [6.45, 7) is 6.47. The molecule has 2 unspecified atom stereocenters. The van der Waals surface area contributed by atoms with E-state index in [1.54, 1.807) is 0 Å². The molecule has 20 heavy (non-hydrogen) atoms. The summed E-state index contributed by atoms with van der Waals surface area (Å²) in [6.07, 6.45) is 4.78. The van der Waals surface area contributed by atoms with Crippen molar-refractivity contribution >= 4 is 11.6 Å². The van der Waals surface area contributed by atoms with Crippen molar-refractivity contribution in [1.82, 2.24) is 5.32 Å². The van der Waals surface area contributed by atoms with E-state index in [1.807, 2.05) is 25.1 Å². The zero-order valence-corrected chi connectivity index (χ0v) is 12.8. The summed E-state index contributed by atoms with van der Waals surface area (Å²) in [6, 6.07) is 5.91. The van der Waals surface area contributed by atoms with Gasteiger partial charge in [0.25, 0.3) is 5.91 Å². The Balaban J connectivity index is 2.11. The Bertz CT molecular complexity index is 482. The fourth-order valence-corrected chi connectivity index (χ4v) is 3.25. The smallest absolute Gasteiger partial charge is 0.253 e. The van der Waals surface area contributed by atoms with Gasteiger partial charge in [-0.1, -0.05) is 38.3 Å². The molecule has 3 N–H and O–H groups in total. The van der Waals surface area contributed by atoms with Crippen LogP contribution >= 0.6 is 0 Å². The minimum Gasteiger partial charge on any atom is -0.398 e. The molecule has 3 nitrogen and oxygen atoms in total. The van der Waals surface area contributed by atoms with Gasteiger partial charge in [-0.25, -0.2) is 0 Å². The molecule has 1 saturated carbocycles. The molecule has 3 heteroatoms. The van der Waals surface area contributed by atoms with Gasteiger partial charge >= 0.3 is 0 Å². The van der Waals surface area contributed by atoms with Crippen molar-refractivity contribution in [3.05, 3.63) is 29.3 Å². The first kappa shape index (κ1) is 14.9. The second-order valence-corrected chi connectivity index (χ2v) is 6.36. The molecule has 0 radical (unpaired) electrons. The zero-order valence-electron chi connectivity index (χ0n) is 12.8. The second kappa shape index (κ2) is 6.29. The highest BCUT2D eigenvalue weighted by atomic mass is 16.1. The van der Waals surface area contributed by atoms with Gasteiger partial charge in [0, 0.05) is 11.7 Å². The first-order valence-electron chi connectivity index (χ1n) is 7.66. The van der Waals surface area contributed by atoms with Crippen LogP contribution in [-0.4, -0.2) is 11.9 Å². The van der Waals surface area contributed by atoms with E-state index in [0.29, 0.717) is 23.1 Å². The number of hydrogen-bond donors (Lipinski definition) is 2. The Kier molecular flexibility index (Phi) is 4.69. The fraction of sp³-hybridized carbons (Fsp3) is 0.588. The number of aryl methyl sites for hydroxylation is 1. The van der Waals surface area contributed by atoms with E-state index in [9.17, 15) is 4.79 Å². The lowest BCUT2D eigenvalue weighted by molar-refractivity contribution is 0.0890. The minimum atomic E-state index is -0.0243. The van der Waals surface area contributed by atoms with Gasteiger partial charge < -0.3 is 11.1 Å². The number of rotatable bonds is 3. The van der Waals surface area contributed by atoms with Gasteiger partial charge in [0.2, 0.25) is 0 Å². The monoisotopic (exact) mass is 274 g/mol. The Morgan fingerprint density at radius 1 is 1.30 bits per heavy atom. The summed E-state index contributed by atoms with van der Waals surface area (Å²) in [5, 5.41) is 3.22. The summed E-state index contributed by atoms with van der Waals surface area (Å²) in [4.78, 5) is 12.5. The summed E-state index contributed by atoms with van der Waals surface area (Å²) < 4.78 is 0. The van der Waals surface area contributed by atoms with Crippen molar-refractivity contribution < 1.29 is 4.79 Å². The van der Waals surface area contributed by atoms with Gasteiger partial charge in [-0.3, -0.25) is 4.79 Å². The average molecular weight is 274 g/mol. The third-order valence-corrected chi connectivity index (χ3v) is 4.45. The first-order chi connectivity index (χ1) is 9.49. The van der Waals surface area contributed by atoms with Gasteiger partial charge in [0.15, 0.2) is 0 Å². The summed E-state index contributed by atoms with van der Waals surface area (Å²) >= 11 is 0. The molecule has 0 spiro atoms. The van der Waals surface area contributed by atoms with Crippen molar-refractivity contribution in [2.45, 2.75) is 52.5 Å². The largest absolute Gasteiger partial charge is 0.398 e. The van der Waals surface area contributed by atoms with E-state index in [4.69, 9.17) is 5.73 Å². The Hall–Kier alpha value is -1.51. The fourth-order valence-electron chi connectivity index (χ4n) is 3.25. The number of amides is 1. The molecule has 2 atom stereocenters. The minimum absolute atomic E-state index is 0.0243. The molecule has 0 heterocycles. The van der Waals surface area contributed by atoms with Crippen molar-refractivity contribution in [3.8, 4) is 0 Å². The Morgan fingerprint density at radius 2 is 2.00 bits per heavy atom. The predicted molar refractivity (Wildman–Crippen MR) is 83.6 cm³/mol. The van der Waals surface area contributed by atoms with Gasteiger partial charge in [-0.15, -0.1) is 0 Å². The van der Waals surface area contributed by atoms with Crippen LogP contribution in [0.15, 0.2) is 18.2 Å². The highest BCUT2D eigenvalue weighted by Gasteiger charge is 2.29. The van der Waals surface area contributed by atoms with Gasteiger partial charge in [-0.2, -0.15) is 0 Å². The van der Waals surface area contributed by atoms with Gasteiger partial charge in [0.1, 0.15) is 0 Å². The second-order valence-electron chi connectivity index (χ2n) is 6.36. The van der Waals surface area contributed by atoms with Crippen LogP contribution in [0.3, 0.4) is 0 Å². The van der Waals surface area contributed by atoms with E-state index in [-0.39, 0.29) is 11.9 Å². The van der Waals surface area contributed by atoms with Crippen LogP contribution in [0.25, 0.3) is 0 Å². The van der Waals surface area contributed by atoms with Crippen LogP contribution in [0, 0.1) is 18.8 Å². The molecule has 2 rings (SSSR count). The normalized spacial score (nSPS) is 22.8. The number of nitrogen functional groups attached to an aromatic ring is 1. The van der Waals surface area contributed by atoms with Crippen molar-refractivity contribution in [2.75, 3.05) is 5.73 Å². The van der Waals surface area contributed by atoms with Crippen LogP contribution in [-0.2, 0) is 0 Å². The number of anilines is 1. The van der Waals surface area contributed by atoms with E-state index in [2.05, 4.69) is 19.2 Å². The molecular weight excluding hydrogens is 248 g/mol. The topological polar surface area (TPSA) is 55.1 Å². The first-order valence-corrected chi connectivity index (χ1v) is 7.66. The van der Waals surface area contributed by atoms with E-state index < -0.39 is 0 Å². The molecule has 1 aromatic carbocycles. The number of benzene rings is 1. The lowest BCUT2D eigenvalue weighted by Crippen LogP contribution is -2.44. The van der Waals surface area contributed by atoms with E-state index >= 15 is 0 Å². The maximum Gasteiger partial charge on any atom is 0.253 e. The molecule has 1 amide bonds. The van der Waals surface area contributed by atoms with Crippen molar-refractivity contribution in [3.63, 3.8) is 0 Å². The third kappa shape index (κ3) is 3.33. The molecule has 1 aliphatic carbocycles. The summed E-state index contributed by atoms with van der Waals surface area (Å²) in [5.74, 6) is 1.16. The molecule has 0 aliphatic heterocycles. The van der Waals surface area contributed by atoms with E-state index in [1.165, 1.54) is 19.3 Å². The molecular formula is C17H26N2O.